The number of aliphatic hydroxyl groups is 3. The molecule has 0 amide bonds. The fraction of sp³-hybridized carbons (Fsp3) is 0.500. The van der Waals surface area contributed by atoms with Crippen LogP contribution < -0.4 is 5.73 Å². The molecule has 0 aliphatic heterocycles. The van der Waals surface area contributed by atoms with E-state index in [-0.39, 0.29) is 23.5 Å². The number of nitrogens with two attached hydrogens (primary N) is 1. The van der Waals surface area contributed by atoms with Gasteiger partial charge >= 0.3 is 0 Å². The van der Waals surface area contributed by atoms with Crippen LogP contribution in [0.5, 0.6) is 0 Å². The normalized spacial score (nSPS) is 30.2. The Hall–Kier alpha value is -1.77. The van der Waals surface area contributed by atoms with Gasteiger partial charge in [0.15, 0.2) is 11.6 Å². The van der Waals surface area contributed by atoms with Crippen LogP contribution in [0.1, 0.15) is 12.5 Å². The number of halogens is 1. The van der Waals surface area contributed by atoms with Crippen LogP contribution >= 0.6 is 0 Å². The Morgan fingerprint density at radius 2 is 2.10 bits per heavy atom. The molecule has 0 bridgehead atoms. The predicted octanol–water partition coefficient (Wildman–Crippen LogP) is -0.572. The third-order valence-corrected chi connectivity index (χ3v) is 3.94. The molecule has 0 aromatic carbocycles. The molecule has 20 heavy (non-hydrogen) atoms. The van der Waals surface area contributed by atoms with Crippen LogP contribution in [0.3, 0.4) is 0 Å². The lowest BCUT2D eigenvalue weighted by atomic mass is 10.1. The zero-order valence-corrected chi connectivity index (χ0v) is 10.5. The Kier molecular flexibility index (Phi) is 3.08. The summed E-state index contributed by atoms with van der Waals surface area (Å²) in [7, 11) is 0. The lowest BCUT2D eigenvalue weighted by molar-refractivity contribution is -0.00369. The van der Waals surface area contributed by atoms with Crippen molar-refractivity contribution in [3.05, 3.63) is 18.3 Å². The molecule has 0 unspecified atom stereocenters. The van der Waals surface area contributed by atoms with Crippen molar-refractivity contribution in [1.82, 2.24) is 14.5 Å². The van der Waals surface area contributed by atoms with Crippen LogP contribution in [-0.4, -0.2) is 48.7 Å². The van der Waals surface area contributed by atoms with Gasteiger partial charge in [0, 0.05) is 12.5 Å². The molecule has 1 saturated carbocycles. The number of anilines is 1. The summed E-state index contributed by atoms with van der Waals surface area (Å²) in [6.07, 6.45) is 0.540. The third kappa shape index (κ3) is 1.76. The minimum Gasteiger partial charge on any atom is -0.396 e. The van der Waals surface area contributed by atoms with Crippen LogP contribution in [0.4, 0.5) is 10.2 Å². The second-order valence-electron chi connectivity index (χ2n) is 5.07. The number of nitrogen functional groups attached to an aromatic ring is 1. The van der Waals surface area contributed by atoms with Crippen molar-refractivity contribution in [3.8, 4) is 0 Å². The van der Waals surface area contributed by atoms with Gasteiger partial charge in [0.25, 0.3) is 0 Å². The maximum Gasteiger partial charge on any atom is 0.167 e. The van der Waals surface area contributed by atoms with Gasteiger partial charge in [0.1, 0.15) is 17.1 Å². The molecule has 1 aliphatic rings. The first-order chi connectivity index (χ1) is 9.54. The van der Waals surface area contributed by atoms with Crippen molar-refractivity contribution in [1.29, 1.82) is 0 Å². The van der Waals surface area contributed by atoms with Gasteiger partial charge < -0.3 is 25.6 Å². The summed E-state index contributed by atoms with van der Waals surface area (Å²) in [6.45, 7) is -0.243. The monoisotopic (exact) mass is 282 g/mol. The van der Waals surface area contributed by atoms with Crippen molar-refractivity contribution in [2.45, 2.75) is 24.7 Å². The maximum atomic E-state index is 13.9. The number of rotatable bonds is 2. The summed E-state index contributed by atoms with van der Waals surface area (Å²) < 4.78 is 15.4. The summed E-state index contributed by atoms with van der Waals surface area (Å²) in [5.41, 5.74) is 6.01. The van der Waals surface area contributed by atoms with Crippen molar-refractivity contribution in [2.24, 2.45) is 5.92 Å². The second-order valence-corrected chi connectivity index (χ2v) is 5.07. The van der Waals surface area contributed by atoms with Gasteiger partial charge in [-0.05, 0) is 6.42 Å². The summed E-state index contributed by atoms with van der Waals surface area (Å²) in [5, 5.41) is 29.1. The summed E-state index contributed by atoms with van der Waals surface area (Å²) in [4.78, 5) is 7.70. The molecular weight excluding hydrogens is 267 g/mol. The van der Waals surface area contributed by atoms with Crippen LogP contribution in [0.2, 0.25) is 0 Å². The molecule has 108 valence electrons. The topological polar surface area (TPSA) is 117 Å². The van der Waals surface area contributed by atoms with Gasteiger partial charge in [-0.15, -0.1) is 0 Å². The quantitative estimate of drug-likeness (QED) is 0.586. The first kappa shape index (κ1) is 13.2. The number of aliphatic hydroxyl groups excluding tert-OH is 3. The largest absolute Gasteiger partial charge is 0.396 e. The first-order valence-corrected chi connectivity index (χ1v) is 6.28. The third-order valence-electron chi connectivity index (χ3n) is 3.94. The van der Waals surface area contributed by atoms with Crippen LogP contribution in [0.25, 0.3) is 11.0 Å². The fourth-order valence-electron chi connectivity index (χ4n) is 2.84. The van der Waals surface area contributed by atoms with E-state index < -0.39 is 30.0 Å². The number of imidazole rings is 1. The lowest BCUT2D eigenvalue weighted by Gasteiger charge is -2.18. The van der Waals surface area contributed by atoms with Crippen LogP contribution in [0, 0.1) is 11.7 Å². The number of hydrogen-bond acceptors (Lipinski definition) is 6. The highest BCUT2D eigenvalue weighted by Gasteiger charge is 2.42. The smallest absolute Gasteiger partial charge is 0.167 e. The van der Waals surface area contributed by atoms with E-state index in [4.69, 9.17) is 5.73 Å². The average Bonchev–Trinajstić information content (AvgIpc) is 2.99. The first-order valence-electron chi connectivity index (χ1n) is 6.28. The molecule has 0 saturated heterocycles. The van der Waals surface area contributed by atoms with Crippen LogP contribution in [0.15, 0.2) is 12.5 Å². The Balaban J connectivity index is 2.10. The molecule has 5 N–H and O–H groups in total. The Labute approximate surface area is 113 Å². The highest BCUT2D eigenvalue weighted by molar-refractivity contribution is 5.85. The number of pyridine rings is 1. The van der Waals surface area contributed by atoms with E-state index in [1.54, 1.807) is 0 Å². The van der Waals surface area contributed by atoms with E-state index in [1.807, 2.05) is 0 Å². The molecule has 2 aromatic rings. The van der Waals surface area contributed by atoms with Gasteiger partial charge in [-0.2, -0.15) is 0 Å². The molecule has 0 radical (unpaired) electrons. The highest BCUT2D eigenvalue weighted by Crippen LogP contribution is 2.37. The molecule has 1 fully saturated rings. The summed E-state index contributed by atoms with van der Waals surface area (Å²) in [5.74, 6) is -0.942. The Morgan fingerprint density at radius 1 is 1.35 bits per heavy atom. The van der Waals surface area contributed by atoms with Gasteiger partial charge in [0.2, 0.25) is 0 Å². The van der Waals surface area contributed by atoms with E-state index in [0.29, 0.717) is 6.42 Å². The van der Waals surface area contributed by atoms with Gasteiger partial charge in [-0.25, -0.2) is 14.4 Å². The zero-order chi connectivity index (χ0) is 14.4. The van der Waals surface area contributed by atoms with E-state index in [1.165, 1.54) is 10.9 Å². The molecule has 1 aliphatic carbocycles. The van der Waals surface area contributed by atoms with Gasteiger partial charge in [0.05, 0.1) is 24.7 Å². The molecule has 3 rings (SSSR count). The van der Waals surface area contributed by atoms with Crippen molar-refractivity contribution >= 4 is 16.9 Å². The van der Waals surface area contributed by atoms with Gasteiger partial charge in [-0.3, -0.25) is 0 Å². The van der Waals surface area contributed by atoms with E-state index in [0.717, 1.165) is 6.20 Å². The van der Waals surface area contributed by atoms with Crippen molar-refractivity contribution in [2.75, 3.05) is 12.3 Å². The van der Waals surface area contributed by atoms with Crippen molar-refractivity contribution in [3.63, 3.8) is 0 Å². The molecular formula is C12H15FN4O3. The second kappa shape index (κ2) is 4.65. The molecule has 4 atom stereocenters. The Morgan fingerprint density at radius 3 is 2.75 bits per heavy atom. The summed E-state index contributed by atoms with van der Waals surface area (Å²) >= 11 is 0. The molecule has 2 aromatic heterocycles. The average molecular weight is 282 g/mol. The highest BCUT2D eigenvalue weighted by atomic mass is 19.1. The number of nitrogens with zero attached hydrogens (tertiary/aromatic N) is 3. The number of aromatic nitrogens is 3. The zero-order valence-electron chi connectivity index (χ0n) is 10.5. The SMILES string of the molecule is Nc1ncc(F)c2c1ncn2[C@@H]1C[C@H](CO)[C@@H](O)[C@H]1O. The predicted molar refractivity (Wildman–Crippen MR) is 68.1 cm³/mol. The van der Waals surface area contributed by atoms with Crippen LogP contribution in [-0.2, 0) is 0 Å². The molecule has 8 heteroatoms. The van der Waals surface area contributed by atoms with Gasteiger partial charge in [-0.1, -0.05) is 0 Å². The number of fused-ring (bicyclic) bond motifs is 1. The summed E-state index contributed by atoms with van der Waals surface area (Å²) in [6, 6.07) is -0.566. The Bertz CT molecular complexity index is 647. The molecule has 7 nitrogen and oxygen atoms in total. The lowest BCUT2D eigenvalue weighted by Crippen LogP contribution is -2.30. The van der Waals surface area contributed by atoms with Crippen molar-refractivity contribution < 1.29 is 19.7 Å². The number of hydrogen-bond donors (Lipinski definition) is 4. The maximum absolute atomic E-state index is 13.9. The minimum atomic E-state index is -1.10. The standard InChI is InChI=1S/C12H15FN4O3/c13-6-2-15-12(14)8-9(6)17(4-16-8)7-1-5(3-18)10(19)11(7)20/h2,4-5,7,10-11,18-20H,1,3H2,(H2,14,15)/t5-,7-,10-,11+/m1/s1. The fourth-order valence-corrected chi connectivity index (χ4v) is 2.84. The molecule has 0 spiro atoms. The minimum absolute atomic E-state index is 0.104. The van der Waals surface area contributed by atoms with E-state index in [9.17, 15) is 19.7 Å². The molecule has 2 heterocycles. The van der Waals surface area contributed by atoms with E-state index in [2.05, 4.69) is 9.97 Å². The van der Waals surface area contributed by atoms with E-state index >= 15 is 0 Å².